The molecule has 6 heteroatoms. The minimum absolute atomic E-state index is 0.115. The Labute approximate surface area is 112 Å². The first-order valence-electron chi connectivity index (χ1n) is 6.39. The van der Waals surface area contributed by atoms with Gasteiger partial charge in [0.2, 0.25) is 5.95 Å². The first kappa shape index (κ1) is 13.3. The zero-order chi connectivity index (χ0) is 13.7. The Morgan fingerprint density at radius 2 is 2.32 bits per heavy atom. The lowest BCUT2D eigenvalue weighted by molar-refractivity contribution is 0.0519. The monoisotopic (exact) mass is 260 g/mol. The maximum absolute atomic E-state index is 11.6. The van der Waals surface area contributed by atoms with Crippen molar-refractivity contribution in [3.63, 3.8) is 0 Å². The van der Waals surface area contributed by atoms with Crippen molar-refractivity contribution in [3.05, 3.63) is 18.0 Å². The van der Waals surface area contributed by atoms with Gasteiger partial charge in [-0.1, -0.05) is 0 Å². The van der Waals surface area contributed by atoms with Crippen molar-refractivity contribution >= 4 is 11.9 Å². The average Bonchev–Trinajstić information content (AvgIpc) is 2.48. The molecule has 0 saturated carbocycles. The number of hydrogen-bond donors (Lipinski definition) is 0. The Kier molecular flexibility index (Phi) is 4.29. The van der Waals surface area contributed by atoms with E-state index in [1.165, 1.54) is 0 Å². The van der Waals surface area contributed by atoms with Crippen LogP contribution in [-0.2, 0) is 4.74 Å². The highest BCUT2D eigenvalue weighted by atomic mass is 16.5. The largest absolute Gasteiger partial charge is 0.461 e. The number of nitrogens with zero attached hydrogens (tertiary/aromatic N) is 4. The van der Waals surface area contributed by atoms with E-state index in [9.17, 15) is 4.79 Å². The molecule has 1 aromatic heterocycles. The SMILES string of the molecule is CCOC(=O)c1ccnc(N2CCC(C#N)CC2)n1. The van der Waals surface area contributed by atoms with Crippen LogP contribution in [0.2, 0.25) is 0 Å². The van der Waals surface area contributed by atoms with Crippen LogP contribution in [-0.4, -0.2) is 35.6 Å². The molecule has 2 rings (SSSR count). The summed E-state index contributed by atoms with van der Waals surface area (Å²) in [6, 6.07) is 3.83. The molecule has 0 N–H and O–H groups in total. The zero-order valence-electron chi connectivity index (χ0n) is 10.9. The zero-order valence-corrected chi connectivity index (χ0v) is 10.9. The maximum atomic E-state index is 11.6. The maximum Gasteiger partial charge on any atom is 0.357 e. The lowest BCUT2D eigenvalue weighted by Crippen LogP contribution is -2.34. The topological polar surface area (TPSA) is 79.1 Å². The smallest absolute Gasteiger partial charge is 0.357 e. The molecule has 1 aliphatic rings. The fraction of sp³-hybridized carbons (Fsp3) is 0.538. The summed E-state index contributed by atoms with van der Waals surface area (Å²) in [6.07, 6.45) is 3.18. The summed E-state index contributed by atoms with van der Waals surface area (Å²) >= 11 is 0. The van der Waals surface area contributed by atoms with Crippen molar-refractivity contribution in [2.24, 2.45) is 5.92 Å². The van der Waals surface area contributed by atoms with Crippen LogP contribution in [0.25, 0.3) is 0 Å². The summed E-state index contributed by atoms with van der Waals surface area (Å²) < 4.78 is 4.91. The number of esters is 1. The normalized spacial score (nSPS) is 15.9. The summed E-state index contributed by atoms with van der Waals surface area (Å²) in [6.45, 7) is 3.56. The van der Waals surface area contributed by atoms with Gasteiger partial charge in [0.05, 0.1) is 12.7 Å². The van der Waals surface area contributed by atoms with Crippen LogP contribution in [0.3, 0.4) is 0 Å². The van der Waals surface area contributed by atoms with Gasteiger partial charge >= 0.3 is 5.97 Å². The molecule has 1 aromatic rings. The van der Waals surface area contributed by atoms with Crippen molar-refractivity contribution in [1.29, 1.82) is 5.26 Å². The van der Waals surface area contributed by atoms with Crippen LogP contribution in [0, 0.1) is 17.2 Å². The van der Waals surface area contributed by atoms with Gasteiger partial charge in [-0.2, -0.15) is 5.26 Å². The lowest BCUT2D eigenvalue weighted by atomic mass is 9.99. The van der Waals surface area contributed by atoms with Gasteiger partial charge in [0, 0.05) is 25.2 Å². The van der Waals surface area contributed by atoms with Gasteiger partial charge in [-0.3, -0.25) is 0 Å². The number of rotatable bonds is 3. The van der Waals surface area contributed by atoms with E-state index in [2.05, 4.69) is 16.0 Å². The van der Waals surface area contributed by atoms with E-state index >= 15 is 0 Å². The first-order valence-corrected chi connectivity index (χ1v) is 6.39. The third kappa shape index (κ3) is 3.19. The van der Waals surface area contributed by atoms with Crippen molar-refractivity contribution in [1.82, 2.24) is 9.97 Å². The number of carbonyl (C=O) groups excluding carboxylic acids is 1. The van der Waals surface area contributed by atoms with Crippen LogP contribution in [0.15, 0.2) is 12.3 Å². The van der Waals surface area contributed by atoms with Crippen molar-refractivity contribution in [3.8, 4) is 6.07 Å². The van der Waals surface area contributed by atoms with Crippen LogP contribution in [0.4, 0.5) is 5.95 Å². The van der Waals surface area contributed by atoms with Crippen LogP contribution in [0.5, 0.6) is 0 Å². The van der Waals surface area contributed by atoms with E-state index in [1.807, 2.05) is 4.90 Å². The Bertz CT molecular complexity index is 490. The Morgan fingerprint density at radius 1 is 1.58 bits per heavy atom. The van der Waals surface area contributed by atoms with E-state index in [4.69, 9.17) is 10.00 Å². The van der Waals surface area contributed by atoms with Gasteiger partial charge < -0.3 is 9.64 Å². The molecule has 0 radical (unpaired) electrons. The third-order valence-corrected chi connectivity index (χ3v) is 3.09. The fourth-order valence-corrected chi connectivity index (χ4v) is 2.03. The predicted molar refractivity (Wildman–Crippen MR) is 68.5 cm³/mol. The number of carbonyl (C=O) groups is 1. The molecule has 2 heterocycles. The molecule has 0 aliphatic carbocycles. The van der Waals surface area contributed by atoms with Crippen LogP contribution >= 0.6 is 0 Å². The molecular formula is C13H16N4O2. The highest BCUT2D eigenvalue weighted by Gasteiger charge is 2.21. The van der Waals surface area contributed by atoms with Crippen molar-refractivity contribution in [2.45, 2.75) is 19.8 Å². The Hall–Kier alpha value is -2.16. The lowest BCUT2D eigenvalue weighted by Gasteiger charge is -2.29. The second-order valence-corrected chi connectivity index (χ2v) is 4.35. The first-order chi connectivity index (χ1) is 9.24. The van der Waals surface area contributed by atoms with Gasteiger partial charge in [0.25, 0.3) is 0 Å². The number of aromatic nitrogens is 2. The molecule has 0 spiro atoms. The average molecular weight is 260 g/mol. The standard InChI is InChI=1S/C13H16N4O2/c1-2-19-12(18)11-3-6-15-13(16-11)17-7-4-10(9-14)5-8-17/h3,6,10H,2,4-5,7-8H2,1H3. The summed E-state index contributed by atoms with van der Waals surface area (Å²) in [7, 11) is 0. The van der Waals surface area contributed by atoms with Gasteiger partial charge in [-0.05, 0) is 25.8 Å². The predicted octanol–water partition coefficient (Wildman–Crippen LogP) is 1.39. The van der Waals surface area contributed by atoms with Gasteiger partial charge in [-0.25, -0.2) is 14.8 Å². The molecule has 0 aromatic carbocycles. The number of hydrogen-bond acceptors (Lipinski definition) is 6. The summed E-state index contributed by atoms with van der Waals surface area (Å²) in [5, 5.41) is 8.86. The molecule has 19 heavy (non-hydrogen) atoms. The summed E-state index contributed by atoms with van der Waals surface area (Å²) in [5.74, 6) is 0.212. The molecule has 0 atom stereocenters. The van der Waals surface area contributed by atoms with Crippen molar-refractivity contribution < 1.29 is 9.53 Å². The molecule has 1 fully saturated rings. The summed E-state index contributed by atoms with van der Waals surface area (Å²) in [5.41, 5.74) is 0.272. The fourth-order valence-electron chi connectivity index (χ4n) is 2.03. The minimum Gasteiger partial charge on any atom is -0.461 e. The molecular weight excluding hydrogens is 244 g/mol. The van der Waals surface area contributed by atoms with E-state index in [-0.39, 0.29) is 11.6 Å². The Morgan fingerprint density at radius 3 is 2.95 bits per heavy atom. The highest BCUT2D eigenvalue weighted by Crippen LogP contribution is 2.19. The quantitative estimate of drug-likeness (QED) is 0.764. The van der Waals surface area contributed by atoms with E-state index < -0.39 is 5.97 Å². The molecule has 1 aliphatic heterocycles. The second-order valence-electron chi connectivity index (χ2n) is 4.35. The molecule has 6 nitrogen and oxygen atoms in total. The molecule has 1 saturated heterocycles. The highest BCUT2D eigenvalue weighted by molar-refractivity contribution is 5.87. The minimum atomic E-state index is -0.432. The van der Waals surface area contributed by atoms with Crippen LogP contribution in [0.1, 0.15) is 30.3 Å². The van der Waals surface area contributed by atoms with Gasteiger partial charge in [0.1, 0.15) is 0 Å². The number of nitriles is 1. The Balaban J connectivity index is 2.07. The van der Waals surface area contributed by atoms with Crippen molar-refractivity contribution in [2.75, 3.05) is 24.6 Å². The number of piperidine rings is 1. The number of anilines is 1. The molecule has 100 valence electrons. The van der Waals surface area contributed by atoms with E-state index in [0.717, 1.165) is 25.9 Å². The van der Waals surface area contributed by atoms with Gasteiger partial charge in [0.15, 0.2) is 5.69 Å². The van der Waals surface area contributed by atoms with Crippen LogP contribution < -0.4 is 4.90 Å². The summed E-state index contributed by atoms with van der Waals surface area (Å²) in [4.78, 5) is 22.0. The number of ether oxygens (including phenoxy) is 1. The molecule has 0 amide bonds. The third-order valence-electron chi connectivity index (χ3n) is 3.09. The van der Waals surface area contributed by atoms with E-state index in [0.29, 0.717) is 12.6 Å². The second kappa shape index (κ2) is 6.14. The molecule has 0 unspecified atom stereocenters. The molecule has 0 bridgehead atoms. The van der Waals surface area contributed by atoms with E-state index in [1.54, 1.807) is 19.2 Å². The van der Waals surface area contributed by atoms with Gasteiger partial charge in [-0.15, -0.1) is 0 Å².